The second-order valence-corrected chi connectivity index (χ2v) is 10.6. The Morgan fingerprint density at radius 1 is 1.41 bits per heavy atom. The van der Waals surface area contributed by atoms with Crippen molar-refractivity contribution in [3.63, 3.8) is 0 Å². The molecule has 0 aromatic heterocycles. The lowest BCUT2D eigenvalue weighted by atomic mass is 9.90. The summed E-state index contributed by atoms with van der Waals surface area (Å²) in [5.41, 5.74) is 1.86. The van der Waals surface area contributed by atoms with E-state index in [0.29, 0.717) is 5.92 Å². The molecule has 148 valence electrons. The van der Waals surface area contributed by atoms with Gasteiger partial charge in [-0.05, 0) is 66.4 Å². The third kappa shape index (κ3) is 8.16. The number of terminal acetylenes is 1. The number of hydrogen-bond acceptors (Lipinski definition) is 2. The van der Waals surface area contributed by atoms with Gasteiger partial charge in [0.15, 0.2) is 0 Å². The van der Waals surface area contributed by atoms with E-state index in [9.17, 15) is 0 Å². The average molecular weight is 403 g/mol. The SMILES string of the molecule is C#Cc1cc(OC(CCC)CC(C)C(C)(C)P)cc(C(=C)S/C(C)=C\C)c1. The molecule has 0 saturated carbocycles. The van der Waals surface area contributed by atoms with Crippen LogP contribution in [0.2, 0.25) is 0 Å². The molecule has 0 aliphatic rings. The van der Waals surface area contributed by atoms with Crippen LogP contribution in [0.15, 0.2) is 35.8 Å². The van der Waals surface area contributed by atoms with E-state index in [2.05, 4.69) is 68.5 Å². The Labute approximate surface area is 173 Å². The third-order valence-corrected chi connectivity index (χ3v) is 6.49. The summed E-state index contributed by atoms with van der Waals surface area (Å²) in [5, 5.41) is 0.191. The van der Waals surface area contributed by atoms with Crippen LogP contribution in [0.25, 0.3) is 4.91 Å². The normalized spacial score (nSPS) is 14.4. The molecule has 0 N–H and O–H groups in total. The van der Waals surface area contributed by atoms with Gasteiger partial charge in [0.2, 0.25) is 0 Å². The zero-order valence-electron chi connectivity index (χ0n) is 17.8. The summed E-state index contributed by atoms with van der Waals surface area (Å²) in [4.78, 5) is 2.20. The maximum atomic E-state index is 6.42. The lowest BCUT2D eigenvalue weighted by Gasteiger charge is -2.31. The van der Waals surface area contributed by atoms with Crippen molar-refractivity contribution in [2.24, 2.45) is 5.92 Å². The number of rotatable bonds is 10. The molecule has 1 aromatic rings. The summed E-state index contributed by atoms with van der Waals surface area (Å²) in [6.07, 6.45) is 11.1. The first-order valence-corrected chi connectivity index (χ1v) is 11.1. The highest BCUT2D eigenvalue weighted by Crippen LogP contribution is 2.35. The van der Waals surface area contributed by atoms with Gasteiger partial charge in [-0.25, -0.2) is 0 Å². The van der Waals surface area contributed by atoms with Crippen LogP contribution in [0.1, 0.15) is 71.9 Å². The smallest absolute Gasteiger partial charge is 0.121 e. The van der Waals surface area contributed by atoms with Crippen molar-refractivity contribution in [2.75, 3.05) is 0 Å². The molecule has 3 atom stereocenters. The lowest BCUT2D eigenvalue weighted by Crippen LogP contribution is -2.28. The zero-order chi connectivity index (χ0) is 20.6. The fraction of sp³-hybridized carbons (Fsp3) is 0.500. The summed E-state index contributed by atoms with van der Waals surface area (Å²) in [6, 6.07) is 6.04. The van der Waals surface area contributed by atoms with E-state index in [-0.39, 0.29) is 11.3 Å². The fourth-order valence-electron chi connectivity index (χ4n) is 2.66. The third-order valence-electron chi connectivity index (χ3n) is 4.89. The van der Waals surface area contributed by atoms with Crippen LogP contribution in [0.3, 0.4) is 0 Å². The van der Waals surface area contributed by atoms with E-state index in [0.717, 1.165) is 41.0 Å². The molecular formula is C24H35OPS. The predicted molar refractivity (Wildman–Crippen MR) is 127 cm³/mol. The summed E-state index contributed by atoms with van der Waals surface area (Å²) in [7, 11) is 2.96. The molecule has 3 heteroatoms. The van der Waals surface area contributed by atoms with Crippen LogP contribution in [0.5, 0.6) is 5.75 Å². The molecule has 0 aliphatic carbocycles. The Morgan fingerprint density at radius 3 is 2.59 bits per heavy atom. The highest BCUT2D eigenvalue weighted by atomic mass is 32.2. The number of benzene rings is 1. The topological polar surface area (TPSA) is 9.23 Å². The molecule has 1 aromatic carbocycles. The van der Waals surface area contributed by atoms with Crippen molar-refractivity contribution >= 4 is 25.9 Å². The largest absolute Gasteiger partial charge is 0.490 e. The van der Waals surface area contributed by atoms with Crippen LogP contribution in [0, 0.1) is 18.3 Å². The highest BCUT2D eigenvalue weighted by Gasteiger charge is 2.24. The van der Waals surface area contributed by atoms with Gasteiger partial charge in [-0.1, -0.05) is 64.5 Å². The molecule has 1 rings (SSSR count). The quantitative estimate of drug-likeness (QED) is 0.295. The van der Waals surface area contributed by atoms with Gasteiger partial charge in [0.25, 0.3) is 0 Å². The van der Waals surface area contributed by atoms with Crippen LogP contribution in [-0.4, -0.2) is 11.3 Å². The van der Waals surface area contributed by atoms with Gasteiger partial charge in [0, 0.05) is 10.5 Å². The minimum Gasteiger partial charge on any atom is -0.490 e. The molecule has 0 bridgehead atoms. The Morgan fingerprint density at radius 2 is 2.07 bits per heavy atom. The van der Waals surface area contributed by atoms with E-state index in [1.165, 1.54) is 4.91 Å². The highest BCUT2D eigenvalue weighted by molar-refractivity contribution is 8.11. The van der Waals surface area contributed by atoms with Gasteiger partial charge >= 0.3 is 0 Å². The Balaban J connectivity index is 3.07. The number of thioether (sulfide) groups is 1. The zero-order valence-corrected chi connectivity index (χ0v) is 19.7. The first kappa shape index (κ1) is 23.9. The molecular weight excluding hydrogens is 367 g/mol. The van der Waals surface area contributed by atoms with Crippen LogP contribution in [0.4, 0.5) is 0 Å². The number of ether oxygens (including phenoxy) is 1. The van der Waals surface area contributed by atoms with Crippen LogP contribution >= 0.6 is 21.0 Å². The molecule has 0 amide bonds. The van der Waals surface area contributed by atoms with E-state index >= 15 is 0 Å². The monoisotopic (exact) mass is 402 g/mol. The number of allylic oxidation sites excluding steroid dienone is 2. The Hall–Kier alpha value is -1.16. The Bertz CT molecular complexity index is 706. The van der Waals surface area contributed by atoms with Crippen LogP contribution in [-0.2, 0) is 0 Å². The first-order valence-electron chi connectivity index (χ1n) is 9.67. The molecule has 1 nitrogen and oxygen atoms in total. The van der Waals surface area contributed by atoms with Crippen molar-refractivity contribution in [3.8, 4) is 18.1 Å². The van der Waals surface area contributed by atoms with Gasteiger partial charge in [0.1, 0.15) is 5.75 Å². The minimum atomic E-state index is 0.184. The molecule has 0 radical (unpaired) electrons. The molecule has 0 fully saturated rings. The molecule has 0 heterocycles. The van der Waals surface area contributed by atoms with Crippen LogP contribution < -0.4 is 4.74 Å². The van der Waals surface area contributed by atoms with Gasteiger partial charge in [-0.2, -0.15) is 0 Å². The maximum Gasteiger partial charge on any atom is 0.121 e. The maximum absolute atomic E-state index is 6.42. The standard InChI is InChI=1S/C24H35OPS/c1-9-12-22(13-17(4)24(7,8)26)25-23-15-20(11-3)14-21(16-23)19(6)27-18(5)10-2/h3,10,14-17,22H,6,9,12-13,26H2,1-2,4-5,7-8H3/b18-10-. The second kappa shape index (κ2) is 11.0. The van der Waals surface area contributed by atoms with E-state index < -0.39 is 0 Å². The van der Waals surface area contributed by atoms with Gasteiger partial charge < -0.3 is 4.74 Å². The van der Waals surface area contributed by atoms with E-state index in [1.54, 1.807) is 11.8 Å². The average Bonchev–Trinajstić information content (AvgIpc) is 2.60. The van der Waals surface area contributed by atoms with Crippen molar-refractivity contribution in [2.45, 2.75) is 72.1 Å². The van der Waals surface area contributed by atoms with E-state index in [1.807, 2.05) is 19.1 Å². The number of hydrogen-bond donors (Lipinski definition) is 0. The first-order chi connectivity index (χ1) is 12.6. The molecule has 27 heavy (non-hydrogen) atoms. The van der Waals surface area contributed by atoms with Crippen molar-refractivity contribution in [1.82, 2.24) is 0 Å². The molecule has 0 spiro atoms. The van der Waals surface area contributed by atoms with Crippen molar-refractivity contribution < 1.29 is 4.74 Å². The van der Waals surface area contributed by atoms with Crippen molar-refractivity contribution in [3.05, 3.63) is 46.9 Å². The fourth-order valence-corrected chi connectivity index (χ4v) is 3.54. The summed E-state index contributed by atoms with van der Waals surface area (Å²) >= 11 is 1.66. The second-order valence-electron chi connectivity index (χ2n) is 7.80. The molecule has 0 saturated heterocycles. The van der Waals surface area contributed by atoms with Gasteiger partial charge in [0.05, 0.1) is 6.10 Å². The lowest BCUT2D eigenvalue weighted by molar-refractivity contribution is 0.152. The Kier molecular flexibility index (Phi) is 9.72. The van der Waals surface area contributed by atoms with Crippen molar-refractivity contribution in [1.29, 1.82) is 0 Å². The van der Waals surface area contributed by atoms with Gasteiger partial charge in [-0.15, -0.1) is 15.7 Å². The predicted octanol–water partition coefficient (Wildman–Crippen LogP) is 7.52. The summed E-state index contributed by atoms with van der Waals surface area (Å²) in [6.45, 7) is 17.3. The van der Waals surface area contributed by atoms with E-state index in [4.69, 9.17) is 11.2 Å². The molecule has 3 unspecified atom stereocenters. The van der Waals surface area contributed by atoms with Gasteiger partial charge in [-0.3, -0.25) is 0 Å². The molecule has 0 aliphatic heterocycles. The summed E-state index contributed by atoms with van der Waals surface area (Å²) in [5.74, 6) is 4.13. The summed E-state index contributed by atoms with van der Waals surface area (Å²) < 4.78 is 6.42. The minimum absolute atomic E-state index is 0.184.